The number of nitrogen functional groups attached to an aromatic ring is 1. The summed E-state index contributed by atoms with van der Waals surface area (Å²) in [6.07, 6.45) is 7.72. The van der Waals surface area contributed by atoms with Gasteiger partial charge in [-0.3, -0.25) is 10.1 Å². The normalized spacial score (nSPS) is 38.1. The molecule has 20 heavy (non-hydrogen) atoms. The van der Waals surface area contributed by atoms with E-state index in [-0.39, 0.29) is 11.3 Å². The number of amides is 1. The monoisotopic (exact) mass is 275 g/mol. The van der Waals surface area contributed by atoms with E-state index >= 15 is 0 Å². The van der Waals surface area contributed by atoms with Crippen LogP contribution in [0.5, 0.6) is 0 Å². The van der Waals surface area contributed by atoms with Gasteiger partial charge in [0.25, 0.3) is 5.88 Å². The lowest BCUT2D eigenvalue weighted by Crippen LogP contribution is -2.49. The van der Waals surface area contributed by atoms with E-state index in [1.807, 2.05) is 0 Å². The van der Waals surface area contributed by atoms with Crippen molar-refractivity contribution in [2.45, 2.75) is 50.9 Å². The quantitative estimate of drug-likeness (QED) is 0.869. The van der Waals surface area contributed by atoms with Crippen LogP contribution in [-0.2, 0) is 10.2 Å². The van der Waals surface area contributed by atoms with Crippen LogP contribution < -0.4 is 11.1 Å². The van der Waals surface area contributed by atoms with E-state index in [0.29, 0.717) is 11.6 Å². The number of rotatable bonds is 2. The van der Waals surface area contributed by atoms with Gasteiger partial charge in [0.15, 0.2) is 0 Å². The minimum atomic E-state index is -0.176. The largest absolute Gasteiger partial charge is 0.393 e. The fourth-order valence-corrected chi connectivity index (χ4v) is 5.33. The molecule has 4 saturated carbocycles. The van der Waals surface area contributed by atoms with Crippen molar-refractivity contribution in [3.8, 4) is 0 Å². The van der Waals surface area contributed by atoms with Crippen molar-refractivity contribution in [2.75, 3.05) is 11.1 Å². The van der Waals surface area contributed by atoms with Gasteiger partial charge in [0.05, 0.1) is 0 Å². The van der Waals surface area contributed by atoms with Crippen molar-refractivity contribution < 1.29 is 9.32 Å². The van der Waals surface area contributed by atoms with Gasteiger partial charge in [-0.2, -0.15) is 0 Å². The van der Waals surface area contributed by atoms with Crippen molar-refractivity contribution in [1.82, 2.24) is 5.16 Å². The predicted molar refractivity (Wildman–Crippen MR) is 75.1 cm³/mol. The lowest BCUT2D eigenvalue weighted by Gasteiger charge is -2.56. The molecule has 5 heteroatoms. The molecule has 0 saturated heterocycles. The molecule has 5 nitrogen and oxygen atoms in total. The van der Waals surface area contributed by atoms with Crippen molar-refractivity contribution in [3.05, 3.63) is 5.69 Å². The fraction of sp³-hybridized carbons (Fsp3) is 0.733. The van der Waals surface area contributed by atoms with Crippen molar-refractivity contribution in [2.24, 2.45) is 17.8 Å². The first-order valence-electron chi connectivity index (χ1n) is 7.59. The van der Waals surface area contributed by atoms with Crippen molar-refractivity contribution in [1.29, 1.82) is 0 Å². The zero-order chi connectivity index (χ0) is 13.9. The Morgan fingerprint density at radius 3 is 2.30 bits per heavy atom. The lowest BCUT2D eigenvalue weighted by molar-refractivity contribution is -0.114. The molecule has 1 amide bonds. The van der Waals surface area contributed by atoms with Gasteiger partial charge in [0.2, 0.25) is 5.91 Å². The first-order valence-corrected chi connectivity index (χ1v) is 7.59. The molecule has 0 aliphatic heterocycles. The van der Waals surface area contributed by atoms with Crippen LogP contribution in [0.25, 0.3) is 0 Å². The van der Waals surface area contributed by atoms with Gasteiger partial charge in [-0.15, -0.1) is 0 Å². The third-order valence-corrected chi connectivity index (χ3v) is 5.56. The van der Waals surface area contributed by atoms with Gasteiger partial charge in [-0.25, -0.2) is 0 Å². The van der Waals surface area contributed by atoms with Gasteiger partial charge < -0.3 is 10.3 Å². The molecule has 4 aliphatic carbocycles. The van der Waals surface area contributed by atoms with E-state index in [2.05, 4.69) is 10.5 Å². The molecule has 5 rings (SSSR count). The average Bonchev–Trinajstić information content (AvgIpc) is 2.69. The molecule has 4 bridgehead atoms. The van der Waals surface area contributed by atoms with Gasteiger partial charge in [-0.05, 0) is 56.3 Å². The summed E-state index contributed by atoms with van der Waals surface area (Å²) in [6, 6.07) is 0. The molecule has 1 aromatic rings. The molecule has 0 radical (unpaired) electrons. The summed E-state index contributed by atoms with van der Waals surface area (Å²) < 4.78 is 5.29. The number of aromatic nitrogens is 1. The maximum Gasteiger partial charge on any atom is 0.254 e. The molecule has 4 aliphatic rings. The highest BCUT2D eigenvalue weighted by Gasteiger charge is 2.53. The number of hydrogen-bond acceptors (Lipinski definition) is 4. The van der Waals surface area contributed by atoms with Crippen LogP contribution in [0.15, 0.2) is 4.52 Å². The highest BCUT2D eigenvalue weighted by Crippen LogP contribution is 2.61. The SMILES string of the molecule is CC(=O)Nc1onc(C23CC4CC(CC(C4)C2)C3)c1N. The number of nitrogens with zero attached hydrogens (tertiary/aromatic N) is 1. The number of hydrogen-bond donors (Lipinski definition) is 2. The first-order chi connectivity index (χ1) is 9.56. The zero-order valence-corrected chi connectivity index (χ0v) is 11.8. The minimum absolute atomic E-state index is 0.110. The Balaban J connectivity index is 1.70. The predicted octanol–water partition coefficient (Wildman–Crippen LogP) is 2.68. The topological polar surface area (TPSA) is 81.2 Å². The molecule has 0 spiro atoms. The minimum Gasteiger partial charge on any atom is -0.393 e. The number of anilines is 2. The van der Waals surface area contributed by atoms with E-state index < -0.39 is 0 Å². The third kappa shape index (κ3) is 1.68. The van der Waals surface area contributed by atoms with Crippen LogP contribution in [0.2, 0.25) is 0 Å². The van der Waals surface area contributed by atoms with Crippen LogP contribution in [0.4, 0.5) is 11.6 Å². The van der Waals surface area contributed by atoms with Gasteiger partial charge in [0, 0.05) is 12.3 Å². The summed E-state index contributed by atoms with van der Waals surface area (Å²) in [5.41, 5.74) is 7.76. The Hall–Kier alpha value is -1.52. The first kappa shape index (κ1) is 12.2. The molecule has 108 valence electrons. The van der Waals surface area contributed by atoms with Gasteiger partial charge >= 0.3 is 0 Å². The maximum absolute atomic E-state index is 11.2. The highest BCUT2D eigenvalue weighted by molar-refractivity contribution is 5.90. The number of nitrogens with two attached hydrogens (primary N) is 1. The Kier molecular flexibility index (Phi) is 2.44. The summed E-state index contributed by atoms with van der Waals surface area (Å²) in [7, 11) is 0. The second-order valence-corrected chi connectivity index (χ2v) is 7.15. The molecule has 4 fully saturated rings. The molecule has 0 atom stereocenters. The van der Waals surface area contributed by atoms with Crippen LogP contribution in [0, 0.1) is 17.8 Å². The average molecular weight is 275 g/mol. The fourth-order valence-electron chi connectivity index (χ4n) is 5.33. The second kappa shape index (κ2) is 3.99. The van der Waals surface area contributed by atoms with E-state index in [0.717, 1.165) is 23.4 Å². The van der Waals surface area contributed by atoms with E-state index in [1.54, 1.807) is 0 Å². The van der Waals surface area contributed by atoms with Gasteiger partial charge in [-0.1, -0.05) is 5.16 Å². The molecule has 1 aromatic heterocycles. The number of carbonyl (C=O) groups is 1. The molecular weight excluding hydrogens is 254 g/mol. The molecule has 3 N–H and O–H groups in total. The summed E-state index contributed by atoms with van der Waals surface area (Å²) in [5.74, 6) is 2.65. The summed E-state index contributed by atoms with van der Waals surface area (Å²) in [5, 5.41) is 6.88. The lowest BCUT2D eigenvalue weighted by atomic mass is 9.48. The second-order valence-electron chi connectivity index (χ2n) is 7.15. The summed E-state index contributed by atoms with van der Waals surface area (Å²) in [4.78, 5) is 11.2. The van der Waals surface area contributed by atoms with Crippen molar-refractivity contribution in [3.63, 3.8) is 0 Å². The molecule has 0 aromatic carbocycles. The maximum atomic E-state index is 11.2. The van der Waals surface area contributed by atoms with Crippen LogP contribution in [0.1, 0.15) is 51.1 Å². The zero-order valence-electron chi connectivity index (χ0n) is 11.8. The van der Waals surface area contributed by atoms with Crippen LogP contribution >= 0.6 is 0 Å². The smallest absolute Gasteiger partial charge is 0.254 e. The van der Waals surface area contributed by atoms with Crippen LogP contribution in [0.3, 0.4) is 0 Å². The van der Waals surface area contributed by atoms with Crippen molar-refractivity contribution >= 4 is 17.5 Å². The molecular formula is C15H21N3O2. The summed E-state index contributed by atoms with van der Waals surface area (Å²) >= 11 is 0. The Labute approximate surface area is 118 Å². The van der Waals surface area contributed by atoms with Crippen LogP contribution in [-0.4, -0.2) is 11.1 Å². The number of carbonyl (C=O) groups excluding carboxylic acids is 1. The molecule has 0 unspecified atom stereocenters. The number of nitrogens with one attached hydrogen (secondary N) is 1. The Morgan fingerprint density at radius 2 is 1.80 bits per heavy atom. The Bertz CT molecular complexity index is 528. The standard InChI is InChI=1S/C15H21N3O2/c1-8(19)17-14-12(16)13(18-20-14)15-5-9-2-10(6-15)4-11(3-9)7-15/h9-11H,2-7,16H2,1H3,(H,17,19). The van der Waals surface area contributed by atoms with E-state index in [4.69, 9.17) is 10.3 Å². The van der Waals surface area contributed by atoms with E-state index in [1.165, 1.54) is 45.4 Å². The van der Waals surface area contributed by atoms with E-state index in [9.17, 15) is 4.79 Å². The highest BCUT2D eigenvalue weighted by atomic mass is 16.5. The molecule has 1 heterocycles. The van der Waals surface area contributed by atoms with Gasteiger partial charge in [0.1, 0.15) is 11.4 Å². The Morgan fingerprint density at radius 1 is 1.25 bits per heavy atom. The summed E-state index contributed by atoms with van der Waals surface area (Å²) in [6.45, 7) is 1.45. The third-order valence-electron chi connectivity index (χ3n) is 5.56.